The van der Waals surface area contributed by atoms with Gasteiger partial charge in [0.05, 0.1) is 5.69 Å². The summed E-state index contributed by atoms with van der Waals surface area (Å²) >= 11 is 1.74. The highest BCUT2D eigenvalue weighted by Crippen LogP contribution is 2.41. The van der Waals surface area contributed by atoms with Crippen LogP contribution in [0.5, 0.6) is 0 Å². The van der Waals surface area contributed by atoms with Gasteiger partial charge in [-0.25, -0.2) is 0 Å². The van der Waals surface area contributed by atoms with Crippen LogP contribution >= 0.6 is 11.8 Å². The molecule has 0 radical (unpaired) electrons. The highest BCUT2D eigenvalue weighted by molar-refractivity contribution is 7.99. The largest absolute Gasteiger partial charge is 0.351 e. The Balaban J connectivity index is 1.45. The second-order valence-electron chi connectivity index (χ2n) is 9.74. The van der Waals surface area contributed by atoms with Gasteiger partial charge in [0.2, 0.25) is 0 Å². The molecule has 1 atom stereocenters. The van der Waals surface area contributed by atoms with E-state index in [4.69, 9.17) is 4.99 Å². The minimum atomic E-state index is -0.00796. The Morgan fingerprint density at radius 1 is 1.12 bits per heavy atom. The summed E-state index contributed by atoms with van der Waals surface area (Å²) in [5, 5.41) is 3.18. The predicted molar refractivity (Wildman–Crippen MR) is 144 cm³/mol. The van der Waals surface area contributed by atoms with Crippen LogP contribution in [0.15, 0.2) is 51.2 Å². The summed E-state index contributed by atoms with van der Waals surface area (Å²) < 4.78 is 0. The molecule has 0 saturated heterocycles. The zero-order valence-electron chi connectivity index (χ0n) is 21.2. The fourth-order valence-electron chi connectivity index (χ4n) is 5.19. The van der Waals surface area contributed by atoms with E-state index in [0.29, 0.717) is 24.2 Å². The fourth-order valence-corrected chi connectivity index (χ4v) is 6.20. The molecule has 2 aromatic rings. The normalized spacial score (nSPS) is 16.9. The number of nitrogens with one attached hydrogen (secondary N) is 1. The van der Waals surface area contributed by atoms with Gasteiger partial charge in [0.15, 0.2) is 0 Å². The first kappa shape index (κ1) is 25.0. The monoisotopic (exact) mass is 477 g/mol. The summed E-state index contributed by atoms with van der Waals surface area (Å²) in [6, 6.07) is 13.7. The third kappa shape index (κ3) is 5.75. The van der Waals surface area contributed by atoms with Crippen LogP contribution in [0.2, 0.25) is 0 Å². The number of nitrogens with zero attached hydrogens (tertiary/aromatic N) is 2. The first-order chi connectivity index (χ1) is 16.5. The van der Waals surface area contributed by atoms with Gasteiger partial charge in [-0.05, 0) is 69.9 Å². The van der Waals surface area contributed by atoms with Crippen LogP contribution < -0.4 is 5.32 Å². The van der Waals surface area contributed by atoms with E-state index in [1.807, 2.05) is 18.2 Å². The highest BCUT2D eigenvalue weighted by Gasteiger charge is 2.24. The number of benzene rings is 2. The fraction of sp³-hybridized carbons (Fsp3) is 0.517. The molecular formula is C29H39N3OS. The molecule has 0 spiro atoms. The molecule has 1 aliphatic heterocycles. The number of aliphatic imine (C=N–C) groups is 1. The van der Waals surface area contributed by atoms with Gasteiger partial charge in [0.25, 0.3) is 5.91 Å². The molecule has 4 nitrogen and oxygen atoms in total. The summed E-state index contributed by atoms with van der Waals surface area (Å²) in [4.78, 5) is 23.0. The number of hydrogen-bond donors (Lipinski definition) is 1. The molecule has 1 heterocycles. The van der Waals surface area contributed by atoms with Crippen LogP contribution in [0.25, 0.3) is 0 Å². The van der Waals surface area contributed by atoms with E-state index in [1.165, 1.54) is 48.1 Å². The SMILES string of the molecule is CCC1=Nc2cc(C(=O)NCCN(C(C)CC)C3CCCCC3)ccc2Sc2ccc(C)cc21. The van der Waals surface area contributed by atoms with E-state index in [-0.39, 0.29) is 5.91 Å². The second-order valence-corrected chi connectivity index (χ2v) is 10.8. The quantitative estimate of drug-likeness (QED) is 0.439. The first-order valence-corrected chi connectivity index (χ1v) is 13.9. The topological polar surface area (TPSA) is 44.7 Å². The summed E-state index contributed by atoms with van der Waals surface area (Å²) in [5.41, 5.74) is 5.12. The summed E-state index contributed by atoms with van der Waals surface area (Å²) in [6.45, 7) is 10.4. The van der Waals surface area contributed by atoms with Gasteiger partial charge in [-0.2, -0.15) is 0 Å². The first-order valence-electron chi connectivity index (χ1n) is 13.0. The van der Waals surface area contributed by atoms with Crippen molar-refractivity contribution in [1.82, 2.24) is 10.2 Å². The molecule has 2 aliphatic rings. The Kier molecular flexibility index (Phi) is 8.49. The second kappa shape index (κ2) is 11.5. The minimum absolute atomic E-state index is 0.00796. The zero-order valence-corrected chi connectivity index (χ0v) is 22.0. The van der Waals surface area contributed by atoms with Crippen molar-refractivity contribution in [3.05, 3.63) is 53.1 Å². The van der Waals surface area contributed by atoms with Gasteiger partial charge in [-0.1, -0.05) is 56.5 Å². The van der Waals surface area contributed by atoms with Crippen LogP contribution in [0.1, 0.15) is 87.2 Å². The minimum Gasteiger partial charge on any atom is -0.351 e. The molecule has 1 fully saturated rings. The van der Waals surface area contributed by atoms with Crippen LogP contribution in [-0.4, -0.2) is 41.7 Å². The van der Waals surface area contributed by atoms with Gasteiger partial charge >= 0.3 is 0 Å². The molecular weight excluding hydrogens is 438 g/mol. The molecule has 4 rings (SSSR count). The van der Waals surface area contributed by atoms with Crippen molar-refractivity contribution in [2.45, 2.75) is 94.5 Å². The average molecular weight is 478 g/mol. The van der Waals surface area contributed by atoms with Crippen molar-refractivity contribution in [2.24, 2.45) is 4.99 Å². The van der Waals surface area contributed by atoms with Gasteiger partial charge in [-0.3, -0.25) is 14.7 Å². The molecule has 0 bridgehead atoms. The Labute approximate surface area is 209 Å². The number of rotatable bonds is 8. The summed E-state index contributed by atoms with van der Waals surface area (Å²) in [7, 11) is 0. The third-order valence-corrected chi connectivity index (χ3v) is 8.47. The highest BCUT2D eigenvalue weighted by atomic mass is 32.2. The number of carbonyl (C=O) groups excluding carboxylic acids is 1. The van der Waals surface area contributed by atoms with E-state index in [1.54, 1.807) is 11.8 Å². The summed E-state index contributed by atoms with van der Waals surface area (Å²) in [6.07, 6.45) is 8.62. The third-order valence-electron chi connectivity index (χ3n) is 7.33. The molecule has 34 heavy (non-hydrogen) atoms. The molecule has 182 valence electrons. The number of carbonyl (C=O) groups is 1. The zero-order chi connectivity index (χ0) is 24.1. The lowest BCUT2D eigenvalue weighted by atomic mass is 9.93. The van der Waals surface area contributed by atoms with Crippen molar-refractivity contribution in [1.29, 1.82) is 0 Å². The molecule has 2 aromatic carbocycles. The van der Waals surface area contributed by atoms with Crippen molar-refractivity contribution in [3.8, 4) is 0 Å². The lowest BCUT2D eigenvalue weighted by molar-refractivity contribution is 0.0903. The van der Waals surface area contributed by atoms with Gasteiger partial charge < -0.3 is 5.32 Å². The van der Waals surface area contributed by atoms with E-state index in [2.05, 4.69) is 56.1 Å². The molecule has 1 aliphatic carbocycles. The average Bonchev–Trinajstić information content (AvgIpc) is 3.02. The number of hydrogen-bond acceptors (Lipinski definition) is 4. The number of aryl methyl sites for hydroxylation is 1. The maximum absolute atomic E-state index is 13.0. The molecule has 1 N–H and O–H groups in total. The van der Waals surface area contributed by atoms with Crippen molar-refractivity contribution in [2.75, 3.05) is 13.1 Å². The van der Waals surface area contributed by atoms with Crippen LogP contribution in [0, 0.1) is 6.92 Å². The van der Waals surface area contributed by atoms with E-state index < -0.39 is 0 Å². The van der Waals surface area contributed by atoms with Gasteiger partial charge in [0.1, 0.15) is 0 Å². The number of amides is 1. The molecule has 0 aromatic heterocycles. The lowest BCUT2D eigenvalue weighted by Gasteiger charge is -2.38. The Morgan fingerprint density at radius 3 is 2.62 bits per heavy atom. The van der Waals surface area contributed by atoms with Crippen LogP contribution in [0.4, 0.5) is 5.69 Å². The maximum Gasteiger partial charge on any atom is 0.251 e. The Hall–Kier alpha value is -2.11. The van der Waals surface area contributed by atoms with E-state index >= 15 is 0 Å². The van der Waals surface area contributed by atoms with Gasteiger partial charge in [0, 0.05) is 51.8 Å². The van der Waals surface area contributed by atoms with Gasteiger partial charge in [-0.15, -0.1) is 0 Å². The Morgan fingerprint density at radius 2 is 1.88 bits per heavy atom. The lowest BCUT2D eigenvalue weighted by Crippen LogP contribution is -2.46. The standard InChI is InChI=1S/C29H39N3OS/c1-5-21(4)32(23-10-8-7-9-11-23)17-16-30-29(33)22-13-15-28-26(19-22)31-25(6-2)24-18-20(3)12-14-27(24)34-28/h12-15,18-19,21,23H,5-11,16-17H2,1-4H3,(H,30,33). The van der Waals surface area contributed by atoms with Crippen LogP contribution in [0.3, 0.4) is 0 Å². The summed E-state index contributed by atoms with van der Waals surface area (Å²) in [5.74, 6) is -0.00796. The predicted octanol–water partition coefficient (Wildman–Crippen LogP) is 7.15. The molecule has 1 saturated carbocycles. The molecule has 1 amide bonds. The maximum atomic E-state index is 13.0. The van der Waals surface area contributed by atoms with E-state index in [9.17, 15) is 4.79 Å². The van der Waals surface area contributed by atoms with Crippen molar-refractivity contribution < 1.29 is 4.79 Å². The smallest absolute Gasteiger partial charge is 0.251 e. The van der Waals surface area contributed by atoms with E-state index in [0.717, 1.165) is 35.7 Å². The van der Waals surface area contributed by atoms with Crippen LogP contribution in [-0.2, 0) is 0 Å². The Bertz CT molecular complexity index is 1040. The van der Waals surface area contributed by atoms with Crippen molar-refractivity contribution in [3.63, 3.8) is 0 Å². The molecule has 5 heteroatoms. The number of fused-ring (bicyclic) bond motifs is 2. The van der Waals surface area contributed by atoms with Crippen molar-refractivity contribution >= 4 is 29.1 Å². The molecule has 1 unspecified atom stereocenters.